The Morgan fingerprint density at radius 2 is 1.88 bits per heavy atom. The van der Waals surface area contributed by atoms with Crippen molar-refractivity contribution in [3.05, 3.63) is 71.9 Å². The Kier molecular flexibility index (Phi) is 4.03. The minimum Gasteiger partial charge on any atom is -0.322 e. The fraction of sp³-hybridized carbons (Fsp3) is 0.0526. The highest BCUT2D eigenvalue weighted by Crippen LogP contribution is 2.28. The molecule has 0 aliphatic rings. The molecule has 0 aliphatic heterocycles. The molecule has 0 aliphatic carbocycles. The first-order valence-corrected chi connectivity index (χ1v) is 8.64. The van der Waals surface area contributed by atoms with Gasteiger partial charge in [-0.15, -0.1) is 11.3 Å². The molecule has 6 heteroatoms. The third kappa shape index (κ3) is 3.04. The van der Waals surface area contributed by atoms with Crippen LogP contribution in [-0.2, 0) is 11.3 Å². The highest BCUT2D eigenvalue weighted by atomic mass is 32.1. The fourth-order valence-electron chi connectivity index (χ4n) is 2.73. The molecule has 25 heavy (non-hydrogen) atoms. The summed E-state index contributed by atoms with van der Waals surface area (Å²) in [6.45, 7) is 0.0576. The Balaban J connectivity index is 1.70. The molecule has 0 spiro atoms. The Labute approximate surface area is 147 Å². The fourth-order valence-corrected chi connectivity index (χ4v) is 3.45. The SMILES string of the molecule is O=C(Cn1c(-c2cccs2)nc2ccccc21)Nc1ccccc1F. The van der Waals surface area contributed by atoms with Gasteiger partial charge in [-0.3, -0.25) is 4.79 Å². The first-order chi connectivity index (χ1) is 12.2. The van der Waals surface area contributed by atoms with Crippen molar-refractivity contribution >= 4 is 34.0 Å². The van der Waals surface area contributed by atoms with Crippen molar-refractivity contribution in [2.45, 2.75) is 6.54 Å². The zero-order chi connectivity index (χ0) is 17.2. The molecule has 0 radical (unpaired) electrons. The number of aromatic nitrogens is 2. The number of halogens is 1. The Morgan fingerprint density at radius 1 is 1.08 bits per heavy atom. The number of fused-ring (bicyclic) bond motifs is 1. The van der Waals surface area contributed by atoms with Crippen LogP contribution in [0.15, 0.2) is 66.0 Å². The summed E-state index contributed by atoms with van der Waals surface area (Å²) in [7, 11) is 0. The average molecular weight is 351 g/mol. The number of hydrogen-bond donors (Lipinski definition) is 1. The molecule has 4 aromatic rings. The lowest BCUT2D eigenvalue weighted by atomic mass is 10.3. The van der Waals surface area contributed by atoms with Gasteiger partial charge in [0.05, 0.1) is 21.6 Å². The summed E-state index contributed by atoms with van der Waals surface area (Å²) < 4.78 is 15.6. The highest BCUT2D eigenvalue weighted by molar-refractivity contribution is 7.13. The zero-order valence-corrected chi connectivity index (χ0v) is 14.0. The number of rotatable bonds is 4. The van der Waals surface area contributed by atoms with E-state index in [1.807, 2.05) is 46.3 Å². The van der Waals surface area contributed by atoms with Gasteiger partial charge in [-0.1, -0.05) is 30.3 Å². The highest BCUT2D eigenvalue weighted by Gasteiger charge is 2.16. The van der Waals surface area contributed by atoms with E-state index in [1.54, 1.807) is 29.5 Å². The summed E-state index contributed by atoms with van der Waals surface area (Å²) in [6, 6.07) is 17.7. The minimum atomic E-state index is -0.454. The van der Waals surface area contributed by atoms with Crippen LogP contribution in [0.25, 0.3) is 21.7 Å². The van der Waals surface area contributed by atoms with E-state index in [0.717, 1.165) is 21.7 Å². The minimum absolute atomic E-state index is 0.0576. The predicted octanol–water partition coefficient (Wildman–Crippen LogP) is 4.54. The smallest absolute Gasteiger partial charge is 0.244 e. The van der Waals surface area contributed by atoms with Crippen LogP contribution in [0.3, 0.4) is 0 Å². The quantitative estimate of drug-likeness (QED) is 0.587. The molecule has 2 aromatic heterocycles. The van der Waals surface area contributed by atoms with Crippen molar-refractivity contribution in [3.8, 4) is 10.7 Å². The summed E-state index contributed by atoms with van der Waals surface area (Å²) >= 11 is 1.56. The zero-order valence-electron chi connectivity index (χ0n) is 13.1. The van der Waals surface area contributed by atoms with Gasteiger partial charge in [-0.05, 0) is 35.7 Å². The molecule has 0 bridgehead atoms. The summed E-state index contributed by atoms with van der Waals surface area (Å²) in [5.74, 6) is -0.0178. The standard InChI is InChI=1S/C19H14FN3OS/c20-13-6-1-2-7-14(13)21-18(24)12-23-16-9-4-3-8-15(16)22-19(23)17-10-5-11-25-17/h1-11H,12H2,(H,21,24). The number of para-hydroxylation sites is 3. The van der Waals surface area contributed by atoms with E-state index in [0.29, 0.717) is 0 Å². The van der Waals surface area contributed by atoms with Crippen LogP contribution in [0.1, 0.15) is 0 Å². The lowest BCUT2D eigenvalue weighted by Crippen LogP contribution is -2.19. The number of benzene rings is 2. The second-order valence-corrected chi connectivity index (χ2v) is 6.46. The summed E-state index contributed by atoms with van der Waals surface area (Å²) in [6.07, 6.45) is 0. The van der Waals surface area contributed by atoms with Gasteiger partial charge in [0.15, 0.2) is 5.82 Å². The Bertz CT molecular complexity index is 1040. The van der Waals surface area contributed by atoms with Gasteiger partial charge in [0.2, 0.25) is 5.91 Å². The largest absolute Gasteiger partial charge is 0.322 e. The third-order valence-corrected chi connectivity index (χ3v) is 4.71. The molecule has 0 fully saturated rings. The van der Waals surface area contributed by atoms with Gasteiger partial charge in [0.1, 0.15) is 12.4 Å². The topological polar surface area (TPSA) is 46.9 Å². The van der Waals surface area contributed by atoms with Crippen molar-refractivity contribution < 1.29 is 9.18 Å². The maximum absolute atomic E-state index is 13.8. The first-order valence-electron chi connectivity index (χ1n) is 7.76. The van der Waals surface area contributed by atoms with E-state index in [9.17, 15) is 9.18 Å². The predicted molar refractivity (Wildman–Crippen MR) is 98.1 cm³/mol. The Hall–Kier alpha value is -2.99. The number of amides is 1. The molecule has 0 unspecified atom stereocenters. The van der Waals surface area contributed by atoms with Crippen LogP contribution in [-0.4, -0.2) is 15.5 Å². The lowest BCUT2D eigenvalue weighted by molar-refractivity contribution is -0.116. The van der Waals surface area contributed by atoms with Gasteiger partial charge in [0, 0.05) is 0 Å². The second-order valence-electron chi connectivity index (χ2n) is 5.52. The van der Waals surface area contributed by atoms with E-state index in [-0.39, 0.29) is 18.1 Å². The normalized spacial score (nSPS) is 10.9. The average Bonchev–Trinajstić information content (AvgIpc) is 3.25. The maximum Gasteiger partial charge on any atom is 0.244 e. The molecule has 0 atom stereocenters. The summed E-state index contributed by atoms with van der Waals surface area (Å²) in [5.41, 5.74) is 1.87. The van der Waals surface area contributed by atoms with Gasteiger partial charge in [0.25, 0.3) is 0 Å². The Morgan fingerprint density at radius 3 is 2.68 bits per heavy atom. The van der Waals surface area contributed by atoms with Crippen molar-refractivity contribution in [1.29, 1.82) is 0 Å². The molecule has 0 saturated carbocycles. The molecular weight excluding hydrogens is 337 g/mol. The van der Waals surface area contributed by atoms with E-state index < -0.39 is 5.82 Å². The van der Waals surface area contributed by atoms with Crippen molar-refractivity contribution in [2.75, 3.05) is 5.32 Å². The summed E-state index contributed by atoms with van der Waals surface area (Å²) in [5, 5.41) is 4.60. The van der Waals surface area contributed by atoms with Crippen LogP contribution in [0.2, 0.25) is 0 Å². The van der Waals surface area contributed by atoms with Gasteiger partial charge < -0.3 is 9.88 Å². The van der Waals surface area contributed by atoms with Crippen LogP contribution in [0.5, 0.6) is 0 Å². The maximum atomic E-state index is 13.8. The lowest BCUT2D eigenvalue weighted by Gasteiger charge is -2.10. The number of anilines is 1. The molecule has 2 heterocycles. The van der Waals surface area contributed by atoms with E-state index in [2.05, 4.69) is 10.3 Å². The third-order valence-electron chi connectivity index (χ3n) is 3.85. The van der Waals surface area contributed by atoms with Gasteiger partial charge >= 0.3 is 0 Å². The van der Waals surface area contributed by atoms with Crippen LogP contribution < -0.4 is 5.32 Å². The van der Waals surface area contributed by atoms with Crippen molar-refractivity contribution in [1.82, 2.24) is 9.55 Å². The number of hydrogen-bond acceptors (Lipinski definition) is 3. The molecule has 1 amide bonds. The monoisotopic (exact) mass is 351 g/mol. The summed E-state index contributed by atoms with van der Waals surface area (Å²) in [4.78, 5) is 18.1. The number of nitrogens with one attached hydrogen (secondary N) is 1. The molecule has 0 saturated heterocycles. The van der Waals surface area contributed by atoms with Crippen molar-refractivity contribution in [2.24, 2.45) is 0 Å². The molecule has 2 aromatic carbocycles. The molecule has 4 nitrogen and oxygen atoms in total. The van der Waals surface area contributed by atoms with E-state index >= 15 is 0 Å². The van der Waals surface area contributed by atoms with Gasteiger partial charge in [-0.2, -0.15) is 0 Å². The van der Waals surface area contributed by atoms with Crippen LogP contribution in [0, 0.1) is 5.82 Å². The molecule has 4 rings (SSSR count). The van der Waals surface area contributed by atoms with E-state index in [1.165, 1.54) is 6.07 Å². The number of thiophene rings is 1. The number of carbonyl (C=O) groups is 1. The first kappa shape index (κ1) is 15.5. The van der Waals surface area contributed by atoms with Crippen LogP contribution in [0.4, 0.5) is 10.1 Å². The number of imidazole rings is 1. The molecular formula is C19H14FN3OS. The van der Waals surface area contributed by atoms with Crippen LogP contribution >= 0.6 is 11.3 Å². The molecule has 124 valence electrons. The van der Waals surface area contributed by atoms with Crippen molar-refractivity contribution in [3.63, 3.8) is 0 Å². The second kappa shape index (κ2) is 6.49. The van der Waals surface area contributed by atoms with E-state index in [4.69, 9.17) is 0 Å². The number of carbonyl (C=O) groups excluding carboxylic acids is 1. The molecule has 1 N–H and O–H groups in total. The number of nitrogens with zero attached hydrogens (tertiary/aromatic N) is 2. The van der Waals surface area contributed by atoms with Gasteiger partial charge in [-0.25, -0.2) is 9.37 Å².